The summed E-state index contributed by atoms with van der Waals surface area (Å²) < 4.78 is 23.5. The Morgan fingerprint density at radius 2 is 1.87 bits per heavy atom. The van der Waals surface area contributed by atoms with E-state index in [2.05, 4.69) is 5.32 Å². The standard InChI is InChI=1S/C25H30FNO4/c26-12-2-14-31-24-10-6-20(7-11-24)16-22-15-19-4-8-23(9-5-19)30-13-1-3-21(18-28)17-25(29)27-22/h4-11,18,21-22H,1-3,12-17H2,(H,27,29). The van der Waals surface area contributed by atoms with Gasteiger partial charge in [0.1, 0.15) is 17.8 Å². The molecule has 0 aromatic heterocycles. The molecule has 166 valence electrons. The van der Waals surface area contributed by atoms with Gasteiger partial charge in [0.2, 0.25) is 5.91 Å². The van der Waals surface area contributed by atoms with Gasteiger partial charge in [-0.3, -0.25) is 9.18 Å². The van der Waals surface area contributed by atoms with Gasteiger partial charge in [-0.05, 0) is 61.1 Å². The highest BCUT2D eigenvalue weighted by atomic mass is 19.1. The topological polar surface area (TPSA) is 64.6 Å². The molecule has 6 heteroatoms. The number of amides is 1. The summed E-state index contributed by atoms with van der Waals surface area (Å²) in [5.74, 6) is 1.11. The fourth-order valence-corrected chi connectivity index (χ4v) is 3.71. The van der Waals surface area contributed by atoms with E-state index in [1.165, 1.54) is 0 Å². The number of carbonyl (C=O) groups is 2. The quantitative estimate of drug-likeness (QED) is 0.534. The monoisotopic (exact) mass is 427 g/mol. The Labute approximate surface area is 182 Å². The van der Waals surface area contributed by atoms with Crippen molar-refractivity contribution in [1.82, 2.24) is 5.32 Å². The molecule has 2 atom stereocenters. The van der Waals surface area contributed by atoms with Gasteiger partial charge in [-0.2, -0.15) is 0 Å². The lowest BCUT2D eigenvalue weighted by Crippen LogP contribution is -2.39. The van der Waals surface area contributed by atoms with E-state index < -0.39 is 6.67 Å². The van der Waals surface area contributed by atoms with E-state index in [-0.39, 0.29) is 24.3 Å². The highest BCUT2D eigenvalue weighted by Gasteiger charge is 2.19. The lowest BCUT2D eigenvalue weighted by molar-refractivity contribution is -0.125. The van der Waals surface area contributed by atoms with Gasteiger partial charge in [0.25, 0.3) is 0 Å². The van der Waals surface area contributed by atoms with Crippen LogP contribution >= 0.6 is 0 Å². The van der Waals surface area contributed by atoms with Gasteiger partial charge in [0, 0.05) is 24.8 Å². The molecule has 0 radical (unpaired) electrons. The Morgan fingerprint density at radius 1 is 1.10 bits per heavy atom. The van der Waals surface area contributed by atoms with E-state index in [0.717, 1.165) is 29.6 Å². The van der Waals surface area contributed by atoms with E-state index >= 15 is 0 Å². The summed E-state index contributed by atoms with van der Waals surface area (Å²) in [7, 11) is 0. The van der Waals surface area contributed by atoms with Crippen molar-refractivity contribution in [2.75, 3.05) is 19.9 Å². The van der Waals surface area contributed by atoms with Crippen molar-refractivity contribution in [3.63, 3.8) is 0 Å². The molecule has 2 unspecified atom stereocenters. The van der Waals surface area contributed by atoms with Crippen molar-refractivity contribution < 1.29 is 23.5 Å². The van der Waals surface area contributed by atoms with Crippen molar-refractivity contribution in [2.45, 2.75) is 44.6 Å². The minimum Gasteiger partial charge on any atom is -0.494 e. The smallest absolute Gasteiger partial charge is 0.220 e. The number of alkyl halides is 1. The molecule has 2 aliphatic rings. The number of fused-ring (bicyclic) bond motifs is 11. The zero-order valence-corrected chi connectivity index (χ0v) is 17.7. The fourth-order valence-electron chi connectivity index (χ4n) is 3.71. The van der Waals surface area contributed by atoms with Gasteiger partial charge in [-0.1, -0.05) is 24.3 Å². The molecule has 2 heterocycles. The summed E-state index contributed by atoms with van der Waals surface area (Å²) in [5.41, 5.74) is 2.17. The molecule has 4 rings (SSSR count). The summed E-state index contributed by atoms with van der Waals surface area (Å²) in [6.07, 6.45) is 4.12. The van der Waals surface area contributed by atoms with Crippen molar-refractivity contribution in [3.05, 3.63) is 59.7 Å². The van der Waals surface area contributed by atoms with Crippen LogP contribution in [-0.2, 0) is 22.4 Å². The van der Waals surface area contributed by atoms with Crippen LogP contribution in [0.5, 0.6) is 11.5 Å². The Morgan fingerprint density at radius 3 is 2.58 bits per heavy atom. The van der Waals surface area contributed by atoms with Crippen LogP contribution in [0.25, 0.3) is 0 Å². The molecule has 2 bridgehead atoms. The number of hydrogen-bond acceptors (Lipinski definition) is 4. The van der Waals surface area contributed by atoms with Crippen molar-refractivity contribution in [3.8, 4) is 11.5 Å². The van der Waals surface area contributed by atoms with Gasteiger partial charge >= 0.3 is 0 Å². The van der Waals surface area contributed by atoms with Crippen LogP contribution in [0.3, 0.4) is 0 Å². The predicted octanol–water partition coefficient (Wildman–Crippen LogP) is 4.07. The highest BCUT2D eigenvalue weighted by molar-refractivity contribution is 5.79. The molecule has 0 aliphatic carbocycles. The maximum Gasteiger partial charge on any atom is 0.220 e. The van der Waals surface area contributed by atoms with Crippen LogP contribution in [0.1, 0.15) is 36.8 Å². The van der Waals surface area contributed by atoms with Crippen molar-refractivity contribution in [2.24, 2.45) is 5.92 Å². The van der Waals surface area contributed by atoms with E-state index in [1.807, 2.05) is 48.5 Å². The second kappa shape index (κ2) is 12.1. The lowest BCUT2D eigenvalue weighted by Gasteiger charge is -2.21. The van der Waals surface area contributed by atoms with Crippen LogP contribution in [0, 0.1) is 5.92 Å². The first-order chi connectivity index (χ1) is 15.2. The molecule has 0 spiro atoms. The van der Waals surface area contributed by atoms with Gasteiger partial charge in [-0.15, -0.1) is 0 Å². The summed E-state index contributed by atoms with van der Waals surface area (Å²) in [4.78, 5) is 24.0. The zero-order chi connectivity index (χ0) is 21.9. The van der Waals surface area contributed by atoms with Gasteiger partial charge in [0.15, 0.2) is 0 Å². The summed E-state index contributed by atoms with van der Waals surface area (Å²) in [6, 6.07) is 15.5. The number of halogens is 1. The van der Waals surface area contributed by atoms with Crippen molar-refractivity contribution >= 4 is 12.2 Å². The molecular formula is C25H30FNO4. The van der Waals surface area contributed by atoms with Crippen LogP contribution in [0.2, 0.25) is 0 Å². The lowest BCUT2D eigenvalue weighted by atomic mass is 9.97. The fraction of sp³-hybridized carbons (Fsp3) is 0.440. The number of hydrogen-bond donors (Lipinski definition) is 1. The summed E-state index contributed by atoms with van der Waals surface area (Å²) in [6.45, 7) is 0.491. The molecule has 0 saturated heterocycles. The Bertz CT molecular complexity index is 822. The normalized spacial score (nSPS) is 19.7. The molecule has 0 fully saturated rings. The van der Waals surface area contributed by atoms with Crippen LogP contribution in [-0.4, -0.2) is 38.1 Å². The number of nitrogens with one attached hydrogen (secondary N) is 1. The molecule has 5 nitrogen and oxygen atoms in total. The largest absolute Gasteiger partial charge is 0.494 e. The van der Waals surface area contributed by atoms with Crippen LogP contribution in [0.4, 0.5) is 4.39 Å². The third-order valence-electron chi connectivity index (χ3n) is 5.35. The number of rotatable bonds is 7. The van der Waals surface area contributed by atoms with Gasteiger partial charge < -0.3 is 19.6 Å². The third-order valence-corrected chi connectivity index (χ3v) is 5.35. The minimum absolute atomic E-state index is 0.104. The Balaban J connectivity index is 1.71. The predicted molar refractivity (Wildman–Crippen MR) is 117 cm³/mol. The first-order valence-electron chi connectivity index (χ1n) is 10.9. The third kappa shape index (κ3) is 7.70. The average molecular weight is 428 g/mol. The number of carbonyl (C=O) groups excluding carboxylic acids is 2. The van der Waals surface area contributed by atoms with Crippen molar-refractivity contribution in [1.29, 1.82) is 0 Å². The van der Waals surface area contributed by atoms with Gasteiger partial charge in [0.05, 0.1) is 19.9 Å². The van der Waals surface area contributed by atoms with E-state index in [1.54, 1.807) is 0 Å². The first-order valence-corrected chi connectivity index (χ1v) is 10.9. The SMILES string of the molecule is O=CC1CCCOc2ccc(cc2)CC(Cc2ccc(OCCCF)cc2)NC(=O)C1. The molecule has 2 aromatic rings. The maximum atomic E-state index is 12.6. The zero-order valence-electron chi connectivity index (χ0n) is 17.7. The van der Waals surface area contributed by atoms with E-state index in [9.17, 15) is 14.0 Å². The van der Waals surface area contributed by atoms with Crippen LogP contribution < -0.4 is 14.8 Å². The molecule has 1 amide bonds. The second-order valence-electron chi connectivity index (χ2n) is 7.94. The summed E-state index contributed by atoms with van der Waals surface area (Å²) in [5, 5.41) is 3.12. The summed E-state index contributed by atoms with van der Waals surface area (Å²) >= 11 is 0. The molecule has 2 aliphatic heterocycles. The number of ether oxygens (including phenoxy) is 2. The van der Waals surface area contributed by atoms with E-state index in [4.69, 9.17) is 9.47 Å². The molecular weight excluding hydrogens is 397 g/mol. The molecule has 31 heavy (non-hydrogen) atoms. The maximum absolute atomic E-state index is 12.6. The second-order valence-corrected chi connectivity index (χ2v) is 7.94. The van der Waals surface area contributed by atoms with Gasteiger partial charge in [-0.25, -0.2) is 0 Å². The molecule has 2 aromatic carbocycles. The minimum atomic E-state index is -0.391. The first kappa shape index (κ1) is 22.8. The number of aldehydes is 1. The molecule has 0 saturated carbocycles. The van der Waals surface area contributed by atoms with E-state index in [0.29, 0.717) is 44.6 Å². The Hall–Kier alpha value is -2.89. The van der Waals surface area contributed by atoms with Crippen LogP contribution in [0.15, 0.2) is 48.5 Å². The average Bonchev–Trinajstić information content (AvgIpc) is 2.78. The number of benzene rings is 2. The highest BCUT2D eigenvalue weighted by Crippen LogP contribution is 2.19. The molecule has 1 N–H and O–H groups in total. The Kier molecular flexibility index (Phi) is 8.88.